The Labute approximate surface area is 239 Å². The van der Waals surface area contributed by atoms with E-state index in [2.05, 4.69) is 16.0 Å². The molecule has 3 heterocycles. The molecule has 1 fully saturated rings. The summed E-state index contributed by atoms with van der Waals surface area (Å²) in [5.74, 6) is -0.647. The topological polar surface area (TPSA) is 103 Å². The Morgan fingerprint density at radius 1 is 1.20 bits per heavy atom. The van der Waals surface area contributed by atoms with E-state index in [1.807, 2.05) is 30.3 Å². The molecule has 1 saturated heterocycles. The number of carboxylic acid groups (broad SMARTS) is 1. The molecule has 0 radical (unpaired) electrons. The second-order valence-electron chi connectivity index (χ2n) is 11.2. The fourth-order valence-electron chi connectivity index (χ4n) is 5.80. The lowest BCUT2D eigenvalue weighted by Crippen LogP contribution is -2.50. The van der Waals surface area contributed by atoms with Gasteiger partial charge in [0.05, 0.1) is 23.3 Å². The van der Waals surface area contributed by atoms with Gasteiger partial charge in [-0.15, -0.1) is 0 Å². The van der Waals surface area contributed by atoms with Crippen LogP contribution in [0.5, 0.6) is 5.75 Å². The van der Waals surface area contributed by atoms with Gasteiger partial charge in [0.15, 0.2) is 0 Å². The van der Waals surface area contributed by atoms with Crippen LogP contribution in [0.15, 0.2) is 66.9 Å². The van der Waals surface area contributed by atoms with Crippen molar-refractivity contribution in [2.75, 3.05) is 19.6 Å². The summed E-state index contributed by atoms with van der Waals surface area (Å²) in [6.45, 7) is 5.69. The molecule has 210 valence electrons. The van der Waals surface area contributed by atoms with Gasteiger partial charge in [0.1, 0.15) is 12.4 Å². The summed E-state index contributed by atoms with van der Waals surface area (Å²) in [5.41, 5.74) is 3.01. The summed E-state index contributed by atoms with van der Waals surface area (Å²) in [4.78, 5) is 18.5. The van der Waals surface area contributed by atoms with E-state index >= 15 is 0 Å². The van der Waals surface area contributed by atoms with Gasteiger partial charge >= 0.3 is 5.97 Å². The standard InChI is InChI=1S/C32H35ClN2O5/c1-31(2,38)22-9-12-29-27(17-22)25(26-5-3-14-34-28(26)20-40-29)6-4-15-35-16-13-32(39,23(19-35)18-30(36)37)21-7-10-24(33)11-8-21/h3,5-12,14,17,23,38-39H,4,13,15-16,18-20H2,1-2H3,(H,36,37)/b25-6+. The van der Waals surface area contributed by atoms with Crippen molar-refractivity contribution in [3.8, 4) is 5.75 Å². The summed E-state index contributed by atoms with van der Waals surface area (Å²) < 4.78 is 6.11. The van der Waals surface area contributed by atoms with E-state index in [0.29, 0.717) is 49.7 Å². The number of aliphatic hydroxyl groups is 2. The number of benzene rings is 2. The Balaban J connectivity index is 1.40. The quantitative estimate of drug-likeness (QED) is 0.356. The predicted octanol–water partition coefficient (Wildman–Crippen LogP) is 5.36. The number of piperidine rings is 1. The number of nitrogens with zero attached hydrogens (tertiary/aromatic N) is 2. The van der Waals surface area contributed by atoms with E-state index in [-0.39, 0.29) is 6.42 Å². The van der Waals surface area contributed by atoms with Crippen LogP contribution in [0.25, 0.3) is 5.57 Å². The van der Waals surface area contributed by atoms with Crippen LogP contribution in [0, 0.1) is 5.92 Å². The minimum Gasteiger partial charge on any atom is -0.487 e. The third-order valence-electron chi connectivity index (χ3n) is 8.04. The van der Waals surface area contributed by atoms with E-state index in [4.69, 9.17) is 16.3 Å². The molecule has 0 bridgehead atoms. The SMILES string of the molecule is CC(C)(O)c1ccc2c(c1)/C(=C/CCN1CCC(O)(c3ccc(Cl)cc3)C(CC(=O)O)C1)c1cccnc1CO2. The molecular formula is C32H35ClN2O5. The summed E-state index contributed by atoms with van der Waals surface area (Å²) in [5, 5.41) is 32.5. The summed E-state index contributed by atoms with van der Waals surface area (Å²) in [7, 11) is 0. The maximum absolute atomic E-state index is 11.7. The van der Waals surface area contributed by atoms with Crippen LogP contribution in [-0.4, -0.2) is 50.8 Å². The highest BCUT2D eigenvalue weighted by Crippen LogP contribution is 2.41. The summed E-state index contributed by atoms with van der Waals surface area (Å²) >= 11 is 6.05. The molecule has 0 amide bonds. The molecule has 2 atom stereocenters. The number of pyridine rings is 1. The number of carbonyl (C=O) groups is 1. The molecular weight excluding hydrogens is 528 g/mol. The van der Waals surface area contributed by atoms with Crippen molar-refractivity contribution < 1.29 is 24.9 Å². The monoisotopic (exact) mass is 562 g/mol. The van der Waals surface area contributed by atoms with Gasteiger partial charge in [-0.05, 0) is 73.7 Å². The van der Waals surface area contributed by atoms with E-state index in [1.54, 1.807) is 44.3 Å². The molecule has 1 aromatic heterocycles. The van der Waals surface area contributed by atoms with Gasteiger partial charge in [-0.3, -0.25) is 9.78 Å². The number of aromatic nitrogens is 1. The average molecular weight is 563 g/mol. The first kappa shape index (κ1) is 28.3. The zero-order chi connectivity index (χ0) is 28.5. The third kappa shape index (κ3) is 5.93. The molecule has 2 aliphatic rings. The van der Waals surface area contributed by atoms with Gasteiger partial charge in [0, 0.05) is 47.9 Å². The molecule has 7 nitrogen and oxygen atoms in total. The van der Waals surface area contributed by atoms with Crippen LogP contribution < -0.4 is 4.74 Å². The van der Waals surface area contributed by atoms with Crippen molar-refractivity contribution >= 4 is 23.1 Å². The van der Waals surface area contributed by atoms with Crippen LogP contribution in [0.4, 0.5) is 0 Å². The number of hydrogen-bond donors (Lipinski definition) is 3. The Hall–Kier alpha value is -3.23. The van der Waals surface area contributed by atoms with Gasteiger partial charge in [0.25, 0.3) is 0 Å². The Morgan fingerprint density at radius 2 is 1.98 bits per heavy atom. The van der Waals surface area contributed by atoms with E-state index in [1.165, 1.54) is 0 Å². The second-order valence-corrected chi connectivity index (χ2v) is 11.7. The maximum Gasteiger partial charge on any atom is 0.303 e. The van der Waals surface area contributed by atoms with Gasteiger partial charge in [-0.2, -0.15) is 0 Å². The molecule has 5 rings (SSSR count). The predicted molar refractivity (Wildman–Crippen MR) is 154 cm³/mol. The summed E-state index contributed by atoms with van der Waals surface area (Å²) in [6.07, 6.45) is 4.95. The van der Waals surface area contributed by atoms with Crippen molar-refractivity contribution in [2.45, 2.75) is 50.9 Å². The molecule has 0 spiro atoms. The lowest BCUT2D eigenvalue weighted by atomic mass is 9.74. The largest absolute Gasteiger partial charge is 0.487 e. The molecule has 3 N–H and O–H groups in total. The second kappa shape index (κ2) is 11.3. The van der Waals surface area contributed by atoms with Gasteiger partial charge in [-0.1, -0.05) is 41.9 Å². The first-order chi connectivity index (χ1) is 19.0. The normalized spacial score (nSPS) is 22.2. The number of fused-ring (bicyclic) bond motifs is 2. The smallest absolute Gasteiger partial charge is 0.303 e. The number of halogens is 1. The molecule has 3 aromatic rings. The highest BCUT2D eigenvalue weighted by Gasteiger charge is 2.43. The molecule has 2 unspecified atom stereocenters. The number of aliphatic carboxylic acids is 1. The minimum absolute atomic E-state index is 0.125. The van der Waals surface area contributed by atoms with Crippen molar-refractivity contribution in [2.24, 2.45) is 5.92 Å². The molecule has 0 aliphatic carbocycles. The highest BCUT2D eigenvalue weighted by molar-refractivity contribution is 6.30. The van der Waals surface area contributed by atoms with Crippen molar-refractivity contribution in [1.82, 2.24) is 9.88 Å². The molecule has 2 aromatic carbocycles. The van der Waals surface area contributed by atoms with Crippen LogP contribution in [0.1, 0.15) is 61.1 Å². The van der Waals surface area contributed by atoms with E-state index in [0.717, 1.165) is 33.7 Å². The van der Waals surface area contributed by atoms with E-state index in [9.17, 15) is 20.1 Å². The highest BCUT2D eigenvalue weighted by atomic mass is 35.5. The third-order valence-corrected chi connectivity index (χ3v) is 8.30. The average Bonchev–Trinajstić information content (AvgIpc) is 3.07. The number of hydrogen-bond acceptors (Lipinski definition) is 6. The Morgan fingerprint density at radius 3 is 2.70 bits per heavy atom. The van der Waals surface area contributed by atoms with Crippen molar-refractivity contribution in [1.29, 1.82) is 0 Å². The number of ether oxygens (including phenoxy) is 1. The summed E-state index contributed by atoms with van der Waals surface area (Å²) in [6, 6.07) is 16.8. The van der Waals surface area contributed by atoms with Crippen LogP contribution in [-0.2, 0) is 22.6 Å². The Kier molecular flexibility index (Phi) is 8.02. The number of rotatable bonds is 7. The molecule has 0 saturated carbocycles. The zero-order valence-electron chi connectivity index (χ0n) is 22.8. The van der Waals surface area contributed by atoms with E-state index < -0.39 is 23.1 Å². The molecule has 8 heteroatoms. The molecule has 40 heavy (non-hydrogen) atoms. The fraction of sp³-hybridized carbons (Fsp3) is 0.375. The maximum atomic E-state index is 11.7. The van der Waals surface area contributed by atoms with Crippen LogP contribution in [0.3, 0.4) is 0 Å². The van der Waals surface area contributed by atoms with Crippen molar-refractivity contribution in [3.05, 3.63) is 99.8 Å². The first-order valence-corrected chi connectivity index (χ1v) is 14.0. The van der Waals surface area contributed by atoms with Gasteiger partial charge in [0.2, 0.25) is 0 Å². The number of likely N-dealkylation sites (tertiary alicyclic amines) is 1. The number of carboxylic acids is 1. The van der Waals surface area contributed by atoms with Gasteiger partial charge in [-0.25, -0.2) is 0 Å². The van der Waals surface area contributed by atoms with Crippen LogP contribution in [0.2, 0.25) is 5.02 Å². The van der Waals surface area contributed by atoms with Crippen LogP contribution >= 0.6 is 11.6 Å². The molecule has 2 aliphatic heterocycles. The van der Waals surface area contributed by atoms with Gasteiger partial charge < -0.3 is 25.0 Å². The lowest BCUT2D eigenvalue weighted by Gasteiger charge is -2.44. The Bertz CT molecular complexity index is 1420. The zero-order valence-corrected chi connectivity index (χ0v) is 23.6. The first-order valence-electron chi connectivity index (χ1n) is 13.6. The van der Waals surface area contributed by atoms with Crippen molar-refractivity contribution in [3.63, 3.8) is 0 Å². The fourth-order valence-corrected chi connectivity index (χ4v) is 5.93. The lowest BCUT2D eigenvalue weighted by molar-refractivity contribution is -0.145. The minimum atomic E-state index is -1.23.